The van der Waals surface area contributed by atoms with Crippen LogP contribution < -0.4 is 20.7 Å². The molecule has 55 heavy (non-hydrogen) atoms. The molecule has 0 bridgehead atoms. The summed E-state index contributed by atoms with van der Waals surface area (Å²) in [7, 11) is -2.62. The number of fused-ring (bicyclic) bond motifs is 1. The van der Waals surface area contributed by atoms with Gasteiger partial charge in [0.15, 0.2) is 0 Å². The number of sulfonamides is 1. The van der Waals surface area contributed by atoms with E-state index in [1.165, 1.54) is 43.4 Å². The van der Waals surface area contributed by atoms with Crippen LogP contribution in [0.5, 0.6) is 0 Å². The van der Waals surface area contributed by atoms with Gasteiger partial charge >= 0.3 is 5.97 Å². The Hall–Kier alpha value is -5.87. The van der Waals surface area contributed by atoms with Crippen LogP contribution in [0, 0.1) is 5.82 Å². The molecule has 2 fully saturated rings. The molecule has 3 aromatic carbocycles. The second-order valence-corrected chi connectivity index (χ2v) is 15.5. The molecule has 6 rings (SSSR count). The third kappa shape index (κ3) is 8.92. The van der Waals surface area contributed by atoms with Gasteiger partial charge in [0.1, 0.15) is 28.5 Å². The quantitative estimate of drug-likeness (QED) is 0.0574. The molecule has 3 amide bonds. The number of aliphatic carboxylic acids is 1. The maximum absolute atomic E-state index is 13.7. The van der Waals surface area contributed by atoms with E-state index in [4.69, 9.17) is 9.52 Å². The van der Waals surface area contributed by atoms with Crippen LogP contribution in [0.25, 0.3) is 28.1 Å². The van der Waals surface area contributed by atoms with Gasteiger partial charge in [-0.1, -0.05) is 31.0 Å². The second-order valence-electron chi connectivity index (χ2n) is 13.7. The Kier molecular flexibility index (Phi) is 11.2. The first-order valence-corrected chi connectivity index (χ1v) is 19.2. The number of carbonyl (C=O) groups excluding carboxylic acids is 4. The van der Waals surface area contributed by atoms with Crippen LogP contribution in [0.15, 0.2) is 71.2 Å². The first kappa shape index (κ1) is 38.8. The van der Waals surface area contributed by atoms with Crippen molar-refractivity contribution in [3.8, 4) is 11.3 Å². The molecule has 0 spiro atoms. The number of benzene rings is 3. The van der Waals surface area contributed by atoms with Crippen LogP contribution >= 0.6 is 0 Å². The highest BCUT2D eigenvalue weighted by atomic mass is 32.2. The minimum Gasteiger partial charge on any atom is -0.507 e. The molecule has 4 aromatic rings. The topological polar surface area (TPSA) is 221 Å². The van der Waals surface area contributed by atoms with Crippen molar-refractivity contribution in [1.82, 2.24) is 20.7 Å². The average molecular weight is 775 g/mol. The molecule has 14 nitrogen and oxygen atoms in total. The van der Waals surface area contributed by atoms with E-state index in [0.717, 1.165) is 18.4 Å². The number of carbonyl (C=O) groups is 5. The Morgan fingerprint density at radius 1 is 0.982 bits per heavy atom. The fourth-order valence-electron chi connectivity index (χ4n) is 6.85. The number of halogens is 1. The summed E-state index contributed by atoms with van der Waals surface area (Å²) in [5.41, 5.74) is 1.57. The van der Waals surface area contributed by atoms with Gasteiger partial charge in [0, 0.05) is 36.2 Å². The highest BCUT2D eigenvalue weighted by Crippen LogP contribution is 2.45. The molecule has 288 valence electrons. The molecule has 2 saturated carbocycles. The van der Waals surface area contributed by atoms with Crippen LogP contribution in [0.1, 0.15) is 77.1 Å². The highest BCUT2D eigenvalue weighted by Gasteiger charge is 2.42. The van der Waals surface area contributed by atoms with Gasteiger partial charge in [-0.25, -0.2) is 22.3 Å². The van der Waals surface area contributed by atoms with E-state index in [1.54, 1.807) is 24.3 Å². The monoisotopic (exact) mass is 774 g/mol. The average Bonchev–Trinajstić information content (AvgIpc) is 3.78. The van der Waals surface area contributed by atoms with Crippen LogP contribution in [-0.4, -0.2) is 67.2 Å². The number of hydrogen-bond acceptors (Lipinski definition) is 9. The highest BCUT2D eigenvalue weighted by molar-refractivity contribution is 7.88. The summed E-state index contributed by atoms with van der Waals surface area (Å²) in [5, 5.41) is 27.6. The lowest BCUT2D eigenvalue weighted by atomic mass is 9.96. The van der Waals surface area contributed by atoms with Gasteiger partial charge in [-0.05, 0) is 90.8 Å². The molecule has 0 unspecified atom stereocenters. The number of furan rings is 1. The SMILES string of the molecule is CNC(=O)c1c(-c2ccc(F)cc2)oc2cc(CS(=O)(=O)NCC(=O)NC3(C(=O)NCc4cccc(/C(O)=C/C(=O)C(=O)O)c4)CCCC3)c(C3CC3)cc12. The predicted octanol–water partition coefficient (Wildman–Crippen LogP) is 4.19. The fraction of sp³-hybridized carbons (Fsp3) is 0.308. The van der Waals surface area contributed by atoms with E-state index >= 15 is 0 Å². The molecule has 1 heterocycles. The molecular weight excluding hydrogens is 736 g/mol. The molecule has 0 saturated heterocycles. The molecule has 6 N–H and O–H groups in total. The number of hydrogen-bond donors (Lipinski definition) is 6. The number of ketones is 1. The number of nitrogens with one attached hydrogen (secondary N) is 4. The molecule has 0 atom stereocenters. The number of carboxylic acid groups (broad SMARTS) is 1. The van der Waals surface area contributed by atoms with Crippen molar-refractivity contribution in [3.63, 3.8) is 0 Å². The van der Waals surface area contributed by atoms with Crippen molar-refractivity contribution in [2.45, 2.75) is 62.3 Å². The normalized spacial score (nSPS) is 15.4. The third-order valence-corrected chi connectivity index (χ3v) is 11.0. The van der Waals surface area contributed by atoms with Gasteiger partial charge in [0.05, 0.1) is 17.9 Å². The second kappa shape index (κ2) is 15.8. The van der Waals surface area contributed by atoms with Crippen molar-refractivity contribution in [2.75, 3.05) is 13.6 Å². The first-order chi connectivity index (χ1) is 26.2. The summed E-state index contributed by atoms with van der Waals surface area (Å²) in [6, 6.07) is 15.0. The number of aliphatic hydroxyl groups is 1. The predicted molar refractivity (Wildman–Crippen MR) is 198 cm³/mol. The van der Waals surface area contributed by atoms with Crippen molar-refractivity contribution in [3.05, 3.63) is 100 Å². The van der Waals surface area contributed by atoms with Crippen LogP contribution in [-0.2, 0) is 41.5 Å². The molecule has 0 radical (unpaired) electrons. The third-order valence-electron chi connectivity index (χ3n) is 9.75. The maximum Gasteiger partial charge on any atom is 0.376 e. The summed E-state index contributed by atoms with van der Waals surface area (Å²) >= 11 is 0. The Bertz CT molecular complexity index is 2330. The zero-order valence-corrected chi connectivity index (χ0v) is 30.6. The standard InChI is InChI=1S/C39H39FN4O10S/c1-41-36(48)34-29-17-28(23-7-8-23)26(16-32(29)54-35(34)24-9-11-27(40)12-10-24)21-55(52,53)43-20-33(47)44-39(13-2-3-14-39)38(51)42-19-22-5-4-6-25(15-22)30(45)18-31(46)37(49)50/h4-6,9-12,15-18,23,43,45H,2-3,7-8,13-14,19-21H2,1H3,(H,41,48)(H,42,51)(H,44,47)(H,49,50)/b30-18-. The zero-order valence-electron chi connectivity index (χ0n) is 29.7. The van der Waals surface area contributed by atoms with E-state index in [0.29, 0.717) is 53.8 Å². The molecule has 2 aliphatic carbocycles. The molecule has 0 aliphatic heterocycles. The van der Waals surface area contributed by atoms with Crippen LogP contribution in [0.2, 0.25) is 0 Å². The van der Waals surface area contributed by atoms with Gasteiger partial charge < -0.3 is 30.6 Å². The number of amides is 3. The molecule has 2 aliphatic rings. The molecular formula is C39H39FN4O10S. The zero-order chi connectivity index (χ0) is 39.5. The van der Waals surface area contributed by atoms with Gasteiger partial charge in [-0.3, -0.25) is 19.2 Å². The largest absolute Gasteiger partial charge is 0.507 e. The Morgan fingerprint density at radius 3 is 2.35 bits per heavy atom. The van der Waals surface area contributed by atoms with Gasteiger partial charge in [0.25, 0.3) is 11.7 Å². The van der Waals surface area contributed by atoms with Crippen molar-refractivity contribution < 1.29 is 51.4 Å². The Morgan fingerprint density at radius 2 is 1.69 bits per heavy atom. The Balaban J connectivity index is 1.13. The molecule has 16 heteroatoms. The first-order valence-electron chi connectivity index (χ1n) is 17.6. The summed E-state index contributed by atoms with van der Waals surface area (Å²) in [6.45, 7) is -0.645. The lowest BCUT2D eigenvalue weighted by Gasteiger charge is -2.29. The minimum atomic E-state index is -4.10. The van der Waals surface area contributed by atoms with Crippen molar-refractivity contribution in [2.24, 2.45) is 0 Å². The van der Waals surface area contributed by atoms with E-state index in [2.05, 4.69) is 20.7 Å². The maximum atomic E-state index is 13.7. The number of aliphatic hydroxyl groups excluding tert-OH is 1. The van der Waals surface area contributed by atoms with Crippen LogP contribution in [0.3, 0.4) is 0 Å². The number of rotatable bonds is 15. The number of carboxylic acids is 1. The summed E-state index contributed by atoms with van der Waals surface area (Å²) in [6.07, 6.45) is 4.18. The van der Waals surface area contributed by atoms with E-state index in [-0.39, 0.29) is 34.9 Å². The van der Waals surface area contributed by atoms with Crippen molar-refractivity contribution >= 4 is 56.2 Å². The van der Waals surface area contributed by atoms with E-state index < -0.39 is 68.9 Å². The summed E-state index contributed by atoms with van der Waals surface area (Å²) in [4.78, 5) is 62.0. The van der Waals surface area contributed by atoms with Crippen molar-refractivity contribution in [1.29, 1.82) is 0 Å². The summed E-state index contributed by atoms with van der Waals surface area (Å²) < 4.78 is 49.0. The van der Waals surface area contributed by atoms with Gasteiger partial charge in [-0.15, -0.1) is 0 Å². The molecule has 1 aromatic heterocycles. The van der Waals surface area contributed by atoms with E-state index in [9.17, 15) is 41.9 Å². The van der Waals surface area contributed by atoms with E-state index in [1.807, 2.05) is 0 Å². The smallest absolute Gasteiger partial charge is 0.376 e. The van der Waals surface area contributed by atoms with Gasteiger partial charge in [-0.2, -0.15) is 0 Å². The lowest BCUT2D eigenvalue weighted by molar-refractivity contribution is -0.146. The van der Waals surface area contributed by atoms with Gasteiger partial charge in [0.2, 0.25) is 21.8 Å². The Labute approximate surface area is 315 Å². The lowest BCUT2D eigenvalue weighted by Crippen LogP contribution is -2.58. The van der Waals surface area contributed by atoms with Crippen LogP contribution in [0.4, 0.5) is 4.39 Å². The fourth-order valence-corrected chi connectivity index (χ4v) is 7.96. The minimum absolute atomic E-state index is 0.0174. The summed E-state index contributed by atoms with van der Waals surface area (Å²) in [5.74, 6) is -5.84.